The van der Waals surface area contributed by atoms with Gasteiger partial charge in [0.05, 0.1) is 11.5 Å². The van der Waals surface area contributed by atoms with Crippen molar-refractivity contribution in [1.29, 1.82) is 0 Å². The minimum Gasteiger partial charge on any atom is -0.392 e. The average Bonchev–Trinajstić information content (AvgIpc) is 2.40. The Morgan fingerprint density at radius 1 is 1.18 bits per heavy atom. The van der Waals surface area contributed by atoms with Crippen molar-refractivity contribution < 1.29 is 13.5 Å². The number of aliphatic hydroxyl groups excluding tert-OH is 1. The smallest absolute Gasteiger partial charge is 0.243 e. The SMILES string of the molecule is O=S(=O)(c1ccc(CO)cc1)N1CC=CCC1. The first-order chi connectivity index (χ1) is 8.14. The van der Waals surface area contributed by atoms with E-state index in [1.807, 2.05) is 12.2 Å². The summed E-state index contributed by atoms with van der Waals surface area (Å²) in [6.45, 7) is 0.886. The Kier molecular flexibility index (Phi) is 3.61. The zero-order valence-electron chi connectivity index (χ0n) is 9.41. The molecule has 1 aliphatic heterocycles. The van der Waals surface area contributed by atoms with Crippen LogP contribution in [0.15, 0.2) is 41.3 Å². The van der Waals surface area contributed by atoms with Crippen LogP contribution in [0.25, 0.3) is 0 Å². The maximum Gasteiger partial charge on any atom is 0.243 e. The van der Waals surface area contributed by atoms with E-state index < -0.39 is 10.0 Å². The standard InChI is InChI=1S/C12H15NO3S/c14-10-11-4-6-12(7-5-11)17(15,16)13-8-2-1-3-9-13/h1-2,4-7,14H,3,8-10H2. The molecule has 0 fully saturated rings. The fourth-order valence-corrected chi connectivity index (χ4v) is 3.16. The van der Waals surface area contributed by atoms with Gasteiger partial charge in [0.15, 0.2) is 0 Å². The lowest BCUT2D eigenvalue weighted by Gasteiger charge is -2.22. The van der Waals surface area contributed by atoms with E-state index in [0.29, 0.717) is 18.7 Å². The summed E-state index contributed by atoms with van der Waals surface area (Å²) in [6.07, 6.45) is 4.61. The van der Waals surface area contributed by atoms with Gasteiger partial charge in [0.1, 0.15) is 0 Å². The van der Waals surface area contributed by atoms with Gasteiger partial charge in [-0.3, -0.25) is 0 Å². The number of hydrogen-bond acceptors (Lipinski definition) is 3. The minimum absolute atomic E-state index is 0.0766. The van der Waals surface area contributed by atoms with Crippen molar-refractivity contribution in [2.24, 2.45) is 0 Å². The van der Waals surface area contributed by atoms with Crippen LogP contribution < -0.4 is 0 Å². The number of benzene rings is 1. The van der Waals surface area contributed by atoms with Crippen molar-refractivity contribution in [2.45, 2.75) is 17.9 Å². The molecule has 1 aliphatic rings. The summed E-state index contributed by atoms with van der Waals surface area (Å²) in [7, 11) is -3.39. The molecule has 1 heterocycles. The van der Waals surface area contributed by atoms with Crippen LogP contribution >= 0.6 is 0 Å². The molecule has 0 unspecified atom stereocenters. The van der Waals surface area contributed by atoms with E-state index in [-0.39, 0.29) is 11.5 Å². The van der Waals surface area contributed by atoms with Crippen LogP contribution in [0.5, 0.6) is 0 Å². The molecule has 0 radical (unpaired) electrons. The van der Waals surface area contributed by atoms with Crippen molar-refractivity contribution >= 4 is 10.0 Å². The molecule has 0 atom stereocenters. The van der Waals surface area contributed by atoms with Crippen molar-refractivity contribution in [1.82, 2.24) is 4.31 Å². The molecule has 0 saturated carbocycles. The summed E-state index contributed by atoms with van der Waals surface area (Å²) in [5, 5.41) is 8.91. The molecule has 1 aromatic rings. The van der Waals surface area contributed by atoms with E-state index in [0.717, 1.165) is 6.42 Å². The van der Waals surface area contributed by atoms with Gasteiger partial charge in [0, 0.05) is 13.1 Å². The predicted octanol–water partition coefficient (Wildman–Crippen LogP) is 1.13. The van der Waals surface area contributed by atoms with Crippen LogP contribution in [0.2, 0.25) is 0 Å². The topological polar surface area (TPSA) is 57.6 Å². The fraction of sp³-hybridized carbons (Fsp3) is 0.333. The summed E-state index contributed by atoms with van der Waals surface area (Å²) >= 11 is 0. The van der Waals surface area contributed by atoms with Crippen LogP contribution in [0, 0.1) is 0 Å². The highest BCUT2D eigenvalue weighted by molar-refractivity contribution is 7.89. The number of hydrogen-bond donors (Lipinski definition) is 1. The van der Waals surface area contributed by atoms with Gasteiger partial charge < -0.3 is 5.11 Å². The first kappa shape index (κ1) is 12.3. The van der Waals surface area contributed by atoms with Gasteiger partial charge in [-0.2, -0.15) is 4.31 Å². The summed E-state index contributed by atoms with van der Waals surface area (Å²) in [6, 6.07) is 6.34. The second kappa shape index (κ2) is 5.00. The van der Waals surface area contributed by atoms with Crippen molar-refractivity contribution in [3.63, 3.8) is 0 Å². The van der Waals surface area contributed by atoms with Crippen LogP contribution in [-0.2, 0) is 16.6 Å². The Balaban J connectivity index is 2.27. The summed E-state index contributed by atoms with van der Waals surface area (Å²) in [4.78, 5) is 0.282. The molecule has 1 N–H and O–H groups in total. The number of nitrogens with zero attached hydrogens (tertiary/aromatic N) is 1. The normalized spacial score (nSPS) is 17.2. The number of aliphatic hydroxyl groups is 1. The minimum atomic E-state index is -3.39. The Hall–Kier alpha value is -1.17. The van der Waals surface area contributed by atoms with E-state index in [9.17, 15) is 8.42 Å². The van der Waals surface area contributed by atoms with E-state index >= 15 is 0 Å². The summed E-state index contributed by atoms with van der Waals surface area (Å²) in [5.41, 5.74) is 0.711. The lowest BCUT2D eigenvalue weighted by atomic mass is 10.2. The van der Waals surface area contributed by atoms with Crippen LogP contribution in [-0.4, -0.2) is 30.9 Å². The Bertz CT molecular complexity index is 505. The van der Waals surface area contributed by atoms with Crippen molar-refractivity contribution in [2.75, 3.05) is 13.1 Å². The summed E-state index contributed by atoms with van der Waals surface area (Å²) in [5.74, 6) is 0. The second-order valence-electron chi connectivity index (χ2n) is 3.93. The van der Waals surface area contributed by atoms with Gasteiger partial charge in [0.2, 0.25) is 10.0 Å². The molecule has 0 spiro atoms. The van der Waals surface area contributed by atoms with Gasteiger partial charge >= 0.3 is 0 Å². The molecule has 1 aromatic carbocycles. The van der Waals surface area contributed by atoms with Gasteiger partial charge in [0.25, 0.3) is 0 Å². The molecule has 0 amide bonds. The van der Waals surface area contributed by atoms with E-state index in [1.54, 1.807) is 24.3 Å². The predicted molar refractivity (Wildman–Crippen MR) is 64.9 cm³/mol. The highest BCUT2D eigenvalue weighted by atomic mass is 32.2. The van der Waals surface area contributed by atoms with Gasteiger partial charge in [-0.1, -0.05) is 24.3 Å². The molecule has 17 heavy (non-hydrogen) atoms. The third kappa shape index (κ3) is 2.57. The maximum absolute atomic E-state index is 12.2. The molecule has 2 rings (SSSR count). The zero-order chi connectivity index (χ0) is 12.3. The molecule has 0 aliphatic carbocycles. The highest BCUT2D eigenvalue weighted by Crippen LogP contribution is 2.18. The molecule has 0 bridgehead atoms. The second-order valence-corrected chi connectivity index (χ2v) is 5.86. The Morgan fingerprint density at radius 3 is 2.41 bits per heavy atom. The van der Waals surface area contributed by atoms with E-state index in [1.165, 1.54) is 4.31 Å². The first-order valence-electron chi connectivity index (χ1n) is 5.49. The van der Waals surface area contributed by atoms with Gasteiger partial charge in [-0.05, 0) is 24.1 Å². The molecule has 5 heteroatoms. The van der Waals surface area contributed by atoms with Crippen LogP contribution in [0.4, 0.5) is 0 Å². The molecule has 4 nitrogen and oxygen atoms in total. The van der Waals surface area contributed by atoms with Crippen molar-refractivity contribution in [3.05, 3.63) is 42.0 Å². The van der Waals surface area contributed by atoms with E-state index in [2.05, 4.69) is 0 Å². The largest absolute Gasteiger partial charge is 0.392 e. The molecule has 0 aromatic heterocycles. The van der Waals surface area contributed by atoms with Gasteiger partial charge in [-0.15, -0.1) is 0 Å². The third-order valence-corrected chi connectivity index (χ3v) is 4.64. The van der Waals surface area contributed by atoms with Gasteiger partial charge in [-0.25, -0.2) is 8.42 Å². The molecule has 92 valence electrons. The zero-order valence-corrected chi connectivity index (χ0v) is 10.2. The lowest BCUT2D eigenvalue weighted by Crippen LogP contribution is -2.33. The monoisotopic (exact) mass is 253 g/mol. The average molecular weight is 253 g/mol. The molecular weight excluding hydrogens is 238 g/mol. The highest BCUT2D eigenvalue weighted by Gasteiger charge is 2.23. The number of sulfonamides is 1. The van der Waals surface area contributed by atoms with Crippen LogP contribution in [0.1, 0.15) is 12.0 Å². The number of rotatable bonds is 3. The molecular formula is C12H15NO3S. The van der Waals surface area contributed by atoms with Crippen LogP contribution in [0.3, 0.4) is 0 Å². The maximum atomic E-state index is 12.2. The fourth-order valence-electron chi connectivity index (χ4n) is 1.75. The Labute approximate surface area is 101 Å². The lowest BCUT2D eigenvalue weighted by molar-refractivity contribution is 0.281. The molecule has 0 saturated heterocycles. The Morgan fingerprint density at radius 2 is 1.88 bits per heavy atom. The quantitative estimate of drug-likeness (QED) is 0.822. The first-order valence-corrected chi connectivity index (χ1v) is 6.93. The third-order valence-electron chi connectivity index (χ3n) is 2.76. The van der Waals surface area contributed by atoms with E-state index in [4.69, 9.17) is 5.11 Å². The van der Waals surface area contributed by atoms with Crippen molar-refractivity contribution in [3.8, 4) is 0 Å². The summed E-state index contributed by atoms with van der Waals surface area (Å²) < 4.78 is 25.9.